The number of aryl methyl sites for hydroxylation is 2. The summed E-state index contributed by atoms with van der Waals surface area (Å²) in [6, 6.07) is 15.1. The fourth-order valence-electron chi connectivity index (χ4n) is 2.85. The highest BCUT2D eigenvalue weighted by atomic mass is 16.5. The molecule has 124 valence electrons. The summed E-state index contributed by atoms with van der Waals surface area (Å²) in [6.45, 7) is 10.0. The lowest BCUT2D eigenvalue weighted by atomic mass is 9.90. The first-order valence-electron chi connectivity index (χ1n) is 8.48. The molecule has 0 aliphatic carbocycles. The van der Waals surface area contributed by atoms with Crippen LogP contribution in [-0.4, -0.2) is 13.2 Å². The molecule has 1 atom stereocenters. The van der Waals surface area contributed by atoms with Crippen LogP contribution in [0.25, 0.3) is 0 Å². The zero-order valence-corrected chi connectivity index (χ0v) is 14.8. The predicted molar refractivity (Wildman–Crippen MR) is 98.2 cm³/mol. The van der Waals surface area contributed by atoms with Gasteiger partial charge in [-0.15, -0.1) is 0 Å². The third-order valence-electron chi connectivity index (χ3n) is 3.99. The number of rotatable bonds is 7. The number of hydrogen-bond acceptors (Lipinski definition) is 2. The van der Waals surface area contributed by atoms with Crippen LogP contribution in [0.5, 0.6) is 5.75 Å². The smallest absolute Gasteiger partial charge is 0.119 e. The first-order chi connectivity index (χ1) is 11.0. The molecule has 1 unspecified atom stereocenters. The summed E-state index contributed by atoms with van der Waals surface area (Å²) in [5.41, 5.74) is 11.3. The average Bonchev–Trinajstić information content (AvgIpc) is 2.50. The van der Waals surface area contributed by atoms with Gasteiger partial charge in [0, 0.05) is 5.92 Å². The Bertz CT molecular complexity index is 596. The van der Waals surface area contributed by atoms with Gasteiger partial charge < -0.3 is 10.5 Å². The van der Waals surface area contributed by atoms with E-state index in [-0.39, 0.29) is 0 Å². The topological polar surface area (TPSA) is 35.2 Å². The van der Waals surface area contributed by atoms with Crippen LogP contribution < -0.4 is 10.5 Å². The summed E-state index contributed by atoms with van der Waals surface area (Å²) in [5.74, 6) is 1.84. The second-order valence-electron chi connectivity index (χ2n) is 6.91. The van der Waals surface area contributed by atoms with Crippen LogP contribution in [0.3, 0.4) is 0 Å². The third-order valence-corrected chi connectivity index (χ3v) is 3.99. The van der Waals surface area contributed by atoms with Gasteiger partial charge in [-0.1, -0.05) is 55.3 Å². The van der Waals surface area contributed by atoms with Gasteiger partial charge in [-0.2, -0.15) is 0 Å². The number of nitrogens with two attached hydrogens (primary N) is 1. The first kappa shape index (κ1) is 17.6. The van der Waals surface area contributed by atoms with E-state index in [1.54, 1.807) is 0 Å². The third kappa shape index (κ3) is 5.40. The summed E-state index contributed by atoms with van der Waals surface area (Å²) in [7, 11) is 0. The molecule has 0 aromatic heterocycles. The number of hydrogen-bond donors (Lipinski definition) is 1. The van der Waals surface area contributed by atoms with Gasteiger partial charge in [0.2, 0.25) is 0 Å². The number of benzene rings is 2. The van der Waals surface area contributed by atoms with Crippen molar-refractivity contribution in [2.45, 2.75) is 40.0 Å². The van der Waals surface area contributed by atoms with Crippen LogP contribution in [-0.2, 0) is 6.42 Å². The summed E-state index contributed by atoms with van der Waals surface area (Å²) in [4.78, 5) is 0. The Hall–Kier alpha value is -1.80. The summed E-state index contributed by atoms with van der Waals surface area (Å²) in [6.07, 6.45) is 0.962. The summed E-state index contributed by atoms with van der Waals surface area (Å²) < 4.78 is 5.75. The standard InChI is InChI=1S/C21H29NO/c1-15(2)14-23-21-7-5-18(6-8-21)12-20(13-22)19-10-16(3)9-17(4)11-19/h5-11,15,20H,12-14,22H2,1-4H3. The lowest BCUT2D eigenvalue weighted by Crippen LogP contribution is -2.15. The molecule has 2 rings (SSSR count). The van der Waals surface area contributed by atoms with Gasteiger partial charge in [0.1, 0.15) is 5.75 Å². The van der Waals surface area contributed by atoms with Crippen molar-refractivity contribution >= 4 is 0 Å². The SMILES string of the molecule is Cc1cc(C)cc(C(CN)Cc2ccc(OCC(C)C)cc2)c1. The van der Waals surface area contributed by atoms with E-state index in [4.69, 9.17) is 10.5 Å². The Morgan fingerprint density at radius 1 is 0.957 bits per heavy atom. The highest BCUT2D eigenvalue weighted by molar-refractivity contribution is 5.34. The zero-order valence-electron chi connectivity index (χ0n) is 14.8. The van der Waals surface area contributed by atoms with E-state index in [0.717, 1.165) is 18.8 Å². The Labute approximate surface area is 140 Å². The van der Waals surface area contributed by atoms with E-state index in [2.05, 4.69) is 70.2 Å². The summed E-state index contributed by atoms with van der Waals surface area (Å²) in [5, 5.41) is 0. The molecule has 0 spiro atoms. The minimum atomic E-state index is 0.357. The normalized spacial score (nSPS) is 12.4. The van der Waals surface area contributed by atoms with Gasteiger partial charge in [-0.05, 0) is 56.0 Å². The number of ether oxygens (including phenoxy) is 1. The van der Waals surface area contributed by atoms with E-state index in [0.29, 0.717) is 18.4 Å². The highest BCUT2D eigenvalue weighted by Crippen LogP contribution is 2.23. The van der Waals surface area contributed by atoms with Crippen LogP contribution in [0.4, 0.5) is 0 Å². The van der Waals surface area contributed by atoms with E-state index < -0.39 is 0 Å². The second kappa shape index (κ2) is 8.16. The van der Waals surface area contributed by atoms with Crippen molar-refractivity contribution in [2.75, 3.05) is 13.2 Å². The minimum absolute atomic E-state index is 0.357. The maximum atomic E-state index is 6.04. The van der Waals surface area contributed by atoms with Crippen molar-refractivity contribution in [3.8, 4) is 5.75 Å². The Balaban J connectivity index is 2.06. The fourth-order valence-corrected chi connectivity index (χ4v) is 2.85. The zero-order chi connectivity index (χ0) is 16.8. The Morgan fingerprint density at radius 3 is 2.09 bits per heavy atom. The second-order valence-corrected chi connectivity index (χ2v) is 6.91. The summed E-state index contributed by atoms with van der Waals surface area (Å²) >= 11 is 0. The average molecular weight is 311 g/mol. The van der Waals surface area contributed by atoms with Gasteiger partial charge in [0.15, 0.2) is 0 Å². The van der Waals surface area contributed by atoms with E-state index >= 15 is 0 Å². The molecular formula is C21H29NO. The fraction of sp³-hybridized carbons (Fsp3) is 0.429. The largest absolute Gasteiger partial charge is 0.493 e. The predicted octanol–water partition coefficient (Wildman–Crippen LogP) is 4.62. The molecule has 2 aromatic carbocycles. The van der Waals surface area contributed by atoms with Crippen molar-refractivity contribution in [1.82, 2.24) is 0 Å². The maximum absolute atomic E-state index is 6.04. The van der Waals surface area contributed by atoms with Crippen molar-refractivity contribution in [1.29, 1.82) is 0 Å². The van der Waals surface area contributed by atoms with Gasteiger partial charge >= 0.3 is 0 Å². The first-order valence-corrected chi connectivity index (χ1v) is 8.48. The molecule has 0 heterocycles. The molecule has 2 N–H and O–H groups in total. The molecule has 2 nitrogen and oxygen atoms in total. The molecule has 2 heteroatoms. The van der Waals surface area contributed by atoms with Crippen molar-refractivity contribution in [3.63, 3.8) is 0 Å². The monoisotopic (exact) mass is 311 g/mol. The van der Waals surface area contributed by atoms with Gasteiger partial charge in [-0.25, -0.2) is 0 Å². The van der Waals surface area contributed by atoms with E-state index in [9.17, 15) is 0 Å². The van der Waals surface area contributed by atoms with Crippen LogP contribution in [0, 0.1) is 19.8 Å². The van der Waals surface area contributed by atoms with Gasteiger partial charge in [0.25, 0.3) is 0 Å². The molecule has 0 saturated heterocycles. The molecule has 0 aliphatic heterocycles. The van der Waals surface area contributed by atoms with Crippen LogP contribution in [0.15, 0.2) is 42.5 Å². The Morgan fingerprint density at radius 2 is 1.57 bits per heavy atom. The molecule has 0 amide bonds. The molecule has 0 radical (unpaired) electrons. The van der Waals surface area contributed by atoms with Crippen molar-refractivity contribution in [3.05, 3.63) is 64.7 Å². The quantitative estimate of drug-likeness (QED) is 0.809. The van der Waals surface area contributed by atoms with Crippen molar-refractivity contribution < 1.29 is 4.74 Å². The van der Waals surface area contributed by atoms with E-state index in [1.165, 1.54) is 22.3 Å². The van der Waals surface area contributed by atoms with Crippen LogP contribution in [0.1, 0.15) is 42.0 Å². The lowest BCUT2D eigenvalue weighted by Gasteiger charge is -2.17. The van der Waals surface area contributed by atoms with Gasteiger partial charge in [-0.3, -0.25) is 0 Å². The minimum Gasteiger partial charge on any atom is -0.493 e. The molecule has 0 saturated carbocycles. The van der Waals surface area contributed by atoms with E-state index in [1.807, 2.05) is 0 Å². The molecule has 0 aliphatic rings. The molecule has 0 bridgehead atoms. The molecular weight excluding hydrogens is 282 g/mol. The lowest BCUT2D eigenvalue weighted by molar-refractivity contribution is 0.271. The van der Waals surface area contributed by atoms with Crippen molar-refractivity contribution in [2.24, 2.45) is 11.7 Å². The van der Waals surface area contributed by atoms with Crippen LogP contribution in [0.2, 0.25) is 0 Å². The highest BCUT2D eigenvalue weighted by Gasteiger charge is 2.12. The molecule has 0 fully saturated rings. The molecule has 23 heavy (non-hydrogen) atoms. The van der Waals surface area contributed by atoms with Gasteiger partial charge in [0.05, 0.1) is 6.61 Å². The maximum Gasteiger partial charge on any atom is 0.119 e. The Kier molecular flexibility index (Phi) is 6.23. The molecule has 2 aromatic rings. The van der Waals surface area contributed by atoms with Crippen LogP contribution >= 0.6 is 0 Å².